The van der Waals surface area contributed by atoms with Gasteiger partial charge in [0.05, 0.1) is 11.5 Å². The quantitative estimate of drug-likeness (QED) is 0.897. The van der Waals surface area contributed by atoms with Gasteiger partial charge in [-0.15, -0.1) is 12.4 Å². The standard InChI is InChI=1S/C14H20N2O3S.ClH/c1-10-3-5-11(6-4-10)13(15)14(17)16(2)12-7-8-20(18,19)9-12;/h3-6,12-13H,7-9,15H2,1-2H3;1H. The van der Waals surface area contributed by atoms with Gasteiger partial charge in [-0.3, -0.25) is 4.79 Å². The van der Waals surface area contributed by atoms with E-state index >= 15 is 0 Å². The largest absolute Gasteiger partial charge is 0.340 e. The van der Waals surface area contributed by atoms with Crippen LogP contribution in [0.3, 0.4) is 0 Å². The van der Waals surface area contributed by atoms with E-state index in [0.717, 1.165) is 11.1 Å². The first-order valence-electron chi connectivity index (χ1n) is 6.59. The van der Waals surface area contributed by atoms with E-state index in [1.54, 1.807) is 7.05 Å². The number of aryl methyl sites for hydroxylation is 1. The summed E-state index contributed by atoms with van der Waals surface area (Å²) in [5.41, 5.74) is 7.83. The van der Waals surface area contributed by atoms with E-state index in [1.807, 2.05) is 31.2 Å². The molecule has 5 nitrogen and oxygen atoms in total. The number of halogens is 1. The van der Waals surface area contributed by atoms with E-state index in [2.05, 4.69) is 0 Å². The van der Waals surface area contributed by atoms with E-state index in [4.69, 9.17) is 5.73 Å². The molecule has 0 aliphatic carbocycles. The van der Waals surface area contributed by atoms with Gasteiger partial charge in [-0.2, -0.15) is 0 Å². The van der Waals surface area contributed by atoms with Gasteiger partial charge in [0, 0.05) is 13.1 Å². The zero-order chi connectivity index (χ0) is 14.9. The minimum absolute atomic E-state index is 0. The molecular weight excluding hydrogens is 312 g/mol. The van der Waals surface area contributed by atoms with Crippen molar-refractivity contribution in [2.24, 2.45) is 5.73 Å². The molecule has 0 saturated carbocycles. The predicted molar refractivity (Wildman–Crippen MR) is 85.2 cm³/mol. The second-order valence-corrected chi connectivity index (χ2v) is 7.62. The number of hydrogen-bond acceptors (Lipinski definition) is 4. The van der Waals surface area contributed by atoms with Crippen LogP contribution in [0.15, 0.2) is 24.3 Å². The number of benzene rings is 1. The summed E-state index contributed by atoms with van der Waals surface area (Å²) in [4.78, 5) is 13.8. The van der Waals surface area contributed by atoms with Crippen molar-refractivity contribution in [3.8, 4) is 0 Å². The van der Waals surface area contributed by atoms with Crippen molar-refractivity contribution in [3.63, 3.8) is 0 Å². The molecule has 2 N–H and O–H groups in total. The summed E-state index contributed by atoms with van der Waals surface area (Å²) in [5.74, 6) is -0.0544. The molecule has 1 saturated heterocycles. The van der Waals surface area contributed by atoms with Crippen LogP contribution < -0.4 is 5.73 Å². The first-order chi connectivity index (χ1) is 9.30. The molecule has 7 heteroatoms. The van der Waals surface area contributed by atoms with Crippen LogP contribution in [-0.2, 0) is 14.6 Å². The summed E-state index contributed by atoms with van der Waals surface area (Å²) in [6, 6.07) is 6.46. The number of nitrogens with two attached hydrogens (primary N) is 1. The SMILES string of the molecule is Cc1ccc(C(N)C(=O)N(C)C2CCS(=O)(=O)C2)cc1.Cl. The van der Waals surface area contributed by atoms with Gasteiger partial charge in [-0.1, -0.05) is 29.8 Å². The lowest BCUT2D eigenvalue weighted by molar-refractivity contribution is -0.133. The number of nitrogens with zero attached hydrogens (tertiary/aromatic N) is 1. The average molecular weight is 333 g/mol. The highest BCUT2D eigenvalue weighted by atomic mass is 35.5. The maximum Gasteiger partial charge on any atom is 0.244 e. The Kier molecular flexibility index (Phi) is 5.78. The molecule has 1 aromatic rings. The Morgan fingerprint density at radius 1 is 1.33 bits per heavy atom. The van der Waals surface area contributed by atoms with Crippen LogP contribution >= 0.6 is 12.4 Å². The number of amides is 1. The van der Waals surface area contributed by atoms with Crippen LogP contribution in [0.5, 0.6) is 0 Å². The van der Waals surface area contributed by atoms with Crippen molar-refractivity contribution in [2.75, 3.05) is 18.6 Å². The molecule has 1 aromatic carbocycles. The Labute approximate surface area is 131 Å². The molecule has 1 aliphatic rings. The van der Waals surface area contributed by atoms with Gasteiger partial charge >= 0.3 is 0 Å². The van der Waals surface area contributed by atoms with Gasteiger partial charge in [0.25, 0.3) is 0 Å². The molecule has 0 aromatic heterocycles. The van der Waals surface area contributed by atoms with E-state index in [9.17, 15) is 13.2 Å². The Hall–Kier alpha value is -1.11. The highest BCUT2D eigenvalue weighted by Crippen LogP contribution is 2.20. The number of hydrogen-bond donors (Lipinski definition) is 1. The van der Waals surface area contributed by atoms with Crippen LogP contribution in [-0.4, -0.2) is 43.8 Å². The third kappa shape index (κ3) is 4.18. The highest BCUT2D eigenvalue weighted by molar-refractivity contribution is 7.91. The van der Waals surface area contributed by atoms with Gasteiger partial charge in [0.2, 0.25) is 5.91 Å². The smallest absolute Gasteiger partial charge is 0.244 e. The van der Waals surface area contributed by atoms with Crippen molar-refractivity contribution < 1.29 is 13.2 Å². The summed E-state index contributed by atoms with van der Waals surface area (Å²) in [6.45, 7) is 1.96. The summed E-state index contributed by atoms with van der Waals surface area (Å²) >= 11 is 0. The van der Waals surface area contributed by atoms with Crippen molar-refractivity contribution in [1.29, 1.82) is 0 Å². The highest BCUT2D eigenvalue weighted by Gasteiger charge is 2.34. The number of carbonyl (C=O) groups excluding carboxylic acids is 1. The van der Waals surface area contributed by atoms with Gasteiger partial charge < -0.3 is 10.6 Å². The summed E-state index contributed by atoms with van der Waals surface area (Å²) in [6.07, 6.45) is 0.491. The predicted octanol–water partition coefficient (Wildman–Crippen LogP) is 1.06. The average Bonchev–Trinajstić information content (AvgIpc) is 2.77. The molecule has 1 amide bonds. The zero-order valence-electron chi connectivity index (χ0n) is 12.2. The summed E-state index contributed by atoms with van der Waals surface area (Å²) in [5, 5.41) is 0. The number of rotatable bonds is 3. The fourth-order valence-electron chi connectivity index (χ4n) is 2.40. The molecule has 1 aliphatic heterocycles. The third-order valence-electron chi connectivity index (χ3n) is 3.81. The molecule has 0 spiro atoms. The minimum atomic E-state index is -3.00. The van der Waals surface area contributed by atoms with E-state index in [0.29, 0.717) is 6.42 Å². The third-order valence-corrected chi connectivity index (χ3v) is 5.56. The Balaban J connectivity index is 0.00000220. The van der Waals surface area contributed by atoms with Crippen LogP contribution in [0.25, 0.3) is 0 Å². The fourth-order valence-corrected chi connectivity index (χ4v) is 4.17. The van der Waals surface area contributed by atoms with Gasteiger partial charge in [-0.25, -0.2) is 8.42 Å². The maximum absolute atomic E-state index is 12.3. The molecule has 2 rings (SSSR count). The van der Waals surface area contributed by atoms with Crippen molar-refractivity contribution in [1.82, 2.24) is 4.90 Å². The number of sulfone groups is 1. The summed E-state index contributed by atoms with van der Waals surface area (Å²) in [7, 11) is -1.38. The van der Waals surface area contributed by atoms with E-state index in [1.165, 1.54) is 4.90 Å². The van der Waals surface area contributed by atoms with Crippen LogP contribution in [0.2, 0.25) is 0 Å². The lowest BCUT2D eigenvalue weighted by atomic mass is 10.0. The molecule has 1 heterocycles. The Morgan fingerprint density at radius 3 is 2.38 bits per heavy atom. The maximum atomic E-state index is 12.3. The molecule has 0 radical (unpaired) electrons. The first-order valence-corrected chi connectivity index (χ1v) is 8.41. The van der Waals surface area contributed by atoms with Crippen LogP contribution in [0.1, 0.15) is 23.6 Å². The van der Waals surface area contributed by atoms with E-state index in [-0.39, 0.29) is 35.9 Å². The van der Waals surface area contributed by atoms with Crippen molar-refractivity contribution in [3.05, 3.63) is 35.4 Å². The molecule has 21 heavy (non-hydrogen) atoms. The molecule has 1 fully saturated rings. The molecule has 118 valence electrons. The van der Waals surface area contributed by atoms with Crippen LogP contribution in [0.4, 0.5) is 0 Å². The Bertz CT molecular complexity index is 601. The Morgan fingerprint density at radius 2 is 1.90 bits per heavy atom. The second-order valence-electron chi connectivity index (χ2n) is 5.39. The normalized spacial score (nSPS) is 21.4. The second kappa shape index (κ2) is 6.77. The zero-order valence-corrected chi connectivity index (χ0v) is 13.8. The minimum Gasteiger partial charge on any atom is -0.340 e. The van der Waals surface area contributed by atoms with Gasteiger partial charge in [0.15, 0.2) is 9.84 Å². The molecule has 2 atom stereocenters. The van der Waals surface area contributed by atoms with Crippen LogP contribution in [0, 0.1) is 6.92 Å². The van der Waals surface area contributed by atoms with Gasteiger partial charge in [-0.05, 0) is 18.9 Å². The van der Waals surface area contributed by atoms with Gasteiger partial charge in [0.1, 0.15) is 6.04 Å². The van der Waals surface area contributed by atoms with E-state index < -0.39 is 15.9 Å². The monoisotopic (exact) mass is 332 g/mol. The first kappa shape index (κ1) is 17.9. The number of carbonyl (C=O) groups is 1. The lowest BCUT2D eigenvalue weighted by Crippen LogP contribution is -2.43. The van der Waals surface area contributed by atoms with Crippen molar-refractivity contribution in [2.45, 2.75) is 25.4 Å². The molecule has 2 unspecified atom stereocenters. The summed E-state index contributed by atoms with van der Waals surface area (Å²) < 4.78 is 23.0. The topological polar surface area (TPSA) is 80.5 Å². The molecule has 0 bridgehead atoms. The fraction of sp³-hybridized carbons (Fsp3) is 0.500. The lowest BCUT2D eigenvalue weighted by Gasteiger charge is -2.26. The van der Waals surface area contributed by atoms with Crippen molar-refractivity contribution >= 4 is 28.2 Å². The molecular formula is C14H21ClN2O3S. The number of likely N-dealkylation sites (N-methyl/N-ethyl adjacent to an activating group) is 1.